The van der Waals surface area contributed by atoms with Gasteiger partial charge in [-0.05, 0) is 24.4 Å². The molecular formula is C16H20N2O2S. The normalized spacial score (nSPS) is 10.3. The van der Waals surface area contributed by atoms with Crippen molar-refractivity contribution in [3.8, 4) is 5.75 Å². The predicted octanol–water partition coefficient (Wildman–Crippen LogP) is 2.67. The lowest BCUT2D eigenvalue weighted by atomic mass is 10.2. The number of ether oxygens (including phenoxy) is 1. The summed E-state index contributed by atoms with van der Waals surface area (Å²) >= 11 is 1.45. The Bertz CT molecular complexity index is 555. The lowest BCUT2D eigenvalue weighted by Crippen LogP contribution is -2.31. The third-order valence-corrected chi connectivity index (χ3v) is 3.79. The highest BCUT2D eigenvalue weighted by atomic mass is 32.1. The van der Waals surface area contributed by atoms with Crippen LogP contribution in [0.2, 0.25) is 0 Å². The van der Waals surface area contributed by atoms with Crippen LogP contribution in [0.3, 0.4) is 0 Å². The summed E-state index contributed by atoms with van der Waals surface area (Å²) in [6, 6.07) is 11.7. The number of nitrogens with one attached hydrogen (secondary N) is 2. The Hall–Kier alpha value is -1.85. The van der Waals surface area contributed by atoms with E-state index >= 15 is 0 Å². The Morgan fingerprint density at radius 1 is 1.19 bits per heavy atom. The third-order valence-electron chi connectivity index (χ3n) is 2.92. The zero-order valence-electron chi connectivity index (χ0n) is 12.1. The summed E-state index contributed by atoms with van der Waals surface area (Å²) in [5.41, 5.74) is 1.13. The molecule has 1 heterocycles. The van der Waals surface area contributed by atoms with Crippen molar-refractivity contribution < 1.29 is 9.53 Å². The maximum absolute atomic E-state index is 11.7. The first-order valence-electron chi connectivity index (χ1n) is 7.04. The molecule has 0 radical (unpaired) electrons. The first-order valence-corrected chi connectivity index (χ1v) is 7.92. The number of hydrogen-bond acceptors (Lipinski definition) is 4. The first-order chi connectivity index (χ1) is 10.3. The molecular weight excluding hydrogens is 284 g/mol. The van der Waals surface area contributed by atoms with Crippen molar-refractivity contribution in [3.63, 3.8) is 0 Å². The molecule has 0 bridgehead atoms. The number of rotatable bonds is 8. The number of thiophene rings is 1. The number of carbonyl (C=O) groups is 1. The van der Waals surface area contributed by atoms with Crippen molar-refractivity contribution in [2.24, 2.45) is 0 Å². The van der Waals surface area contributed by atoms with Gasteiger partial charge in [-0.3, -0.25) is 4.79 Å². The van der Waals surface area contributed by atoms with Crippen LogP contribution in [0.4, 0.5) is 0 Å². The van der Waals surface area contributed by atoms with E-state index in [0.29, 0.717) is 13.2 Å². The smallest absolute Gasteiger partial charge is 0.261 e. The molecule has 0 aliphatic rings. The number of amides is 1. The summed E-state index contributed by atoms with van der Waals surface area (Å²) in [5, 5.41) is 8.10. The van der Waals surface area contributed by atoms with Gasteiger partial charge in [0.2, 0.25) is 0 Å². The Kier molecular flexibility index (Phi) is 6.24. The van der Waals surface area contributed by atoms with Gasteiger partial charge in [-0.15, -0.1) is 11.3 Å². The van der Waals surface area contributed by atoms with Gasteiger partial charge in [0.15, 0.2) is 0 Å². The molecule has 0 saturated heterocycles. The van der Waals surface area contributed by atoms with Gasteiger partial charge in [0.25, 0.3) is 5.91 Å². The molecule has 0 unspecified atom stereocenters. The van der Waals surface area contributed by atoms with Gasteiger partial charge in [0.05, 0.1) is 11.5 Å². The highest BCUT2D eigenvalue weighted by molar-refractivity contribution is 7.12. The third kappa shape index (κ3) is 4.88. The second-order valence-electron chi connectivity index (χ2n) is 4.45. The van der Waals surface area contributed by atoms with Crippen LogP contribution in [0.5, 0.6) is 5.75 Å². The molecule has 0 spiro atoms. The van der Waals surface area contributed by atoms with Gasteiger partial charge in [-0.25, -0.2) is 0 Å². The number of hydrogen-bond donors (Lipinski definition) is 2. The second-order valence-corrected chi connectivity index (χ2v) is 5.40. The van der Waals surface area contributed by atoms with Crippen LogP contribution in [-0.2, 0) is 6.54 Å². The van der Waals surface area contributed by atoms with Crippen LogP contribution < -0.4 is 15.4 Å². The standard InChI is InChI=1S/C16H20N2O2S/c1-2-20-14-7-4-3-6-13(14)12-17-9-10-18-16(19)15-8-5-11-21-15/h3-8,11,17H,2,9-10,12H2,1H3,(H,18,19). The van der Waals surface area contributed by atoms with Gasteiger partial charge in [0.1, 0.15) is 5.75 Å². The number of benzene rings is 1. The summed E-state index contributed by atoms with van der Waals surface area (Å²) in [5.74, 6) is 0.900. The molecule has 0 atom stereocenters. The molecule has 0 aliphatic carbocycles. The van der Waals surface area contributed by atoms with E-state index in [0.717, 1.165) is 29.3 Å². The van der Waals surface area contributed by atoms with Gasteiger partial charge in [-0.1, -0.05) is 24.3 Å². The van der Waals surface area contributed by atoms with Gasteiger partial charge >= 0.3 is 0 Å². The van der Waals surface area contributed by atoms with Crippen molar-refractivity contribution in [1.29, 1.82) is 0 Å². The van der Waals surface area contributed by atoms with Gasteiger partial charge in [0, 0.05) is 25.2 Å². The van der Waals surface area contributed by atoms with Crippen LogP contribution >= 0.6 is 11.3 Å². The summed E-state index contributed by atoms with van der Waals surface area (Å²) < 4.78 is 5.57. The second kappa shape index (κ2) is 8.44. The van der Waals surface area contributed by atoms with Crippen LogP contribution in [0.15, 0.2) is 41.8 Å². The Balaban J connectivity index is 1.69. The summed E-state index contributed by atoms with van der Waals surface area (Å²) in [4.78, 5) is 12.5. The minimum Gasteiger partial charge on any atom is -0.494 e. The van der Waals surface area contributed by atoms with Crippen molar-refractivity contribution in [2.45, 2.75) is 13.5 Å². The lowest BCUT2D eigenvalue weighted by molar-refractivity contribution is 0.0958. The fourth-order valence-corrected chi connectivity index (χ4v) is 2.57. The molecule has 21 heavy (non-hydrogen) atoms. The zero-order chi connectivity index (χ0) is 14.9. The Labute approximate surface area is 129 Å². The van der Waals surface area contributed by atoms with Crippen molar-refractivity contribution in [3.05, 3.63) is 52.2 Å². The van der Waals surface area contributed by atoms with E-state index in [1.807, 2.05) is 48.7 Å². The van der Waals surface area contributed by atoms with Crippen molar-refractivity contribution in [2.75, 3.05) is 19.7 Å². The molecule has 1 aromatic carbocycles. The maximum atomic E-state index is 11.7. The average molecular weight is 304 g/mol. The molecule has 4 nitrogen and oxygen atoms in total. The zero-order valence-corrected chi connectivity index (χ0v) is 12.9. The topological polar surface area (TPSA) is 50.4 Å². The number of para-hydroxylation sites is 1. The summed E-state index contributed by atoms with van der Waals surface area (Å²) in [7, 11) is 0. The molecule has 0 aliphatic heterocycles. The van der Waals surface area contributed by atoms with E-state index in [4.69, 9.17) is 4.74 Å². The molecule has 5 heteroatoms. The first kappa shape index (κ1) is 15.5. The maximum Gasteiger partial charge on any atom is 0.261 e. The quantitative estimate of drug-likeness (QED) is 0.737. The Morgan fingerprint density at radius 2 is 2.05 bits per heavy atom. The molecule has 2 aromatic rings. The number of carbonyl (C=O) groups excluding carboxylic acids is 1. The van der Waals surface area contributed by atoms with Crippen LogP contribution in [0.25, 0.3) is 0 Å². The van der Waals surface area contributed by atoms with Gasteiger partial charge in [-0.2, -0.15) is 0 Å². The van der Waals surface area contributed by atoms with E-state index in [1.165, 1.54) is 11.3 Å². The van der Waals surface area contributed by atoms with Crippen LogP contribution in [0, 0.1) is 0 Å². The monoisotopic (exact) mass is 304 g/mol. The summed E-state index contributed by atoms with van der Waals surface area (Å²) in [6.07, 6.45) is 0. The highest BCUT2D eigenvalue weighted by Gasteiger charge is 2.05. The molecule has 2 rings (SSSR count). The van der Waals surface area contributed by atoms with Gasteiger partial charge < -0.3 is 15.4 Å². The van der Waals surface area contributed by atoms with E-state index in [-0.39, 0.29) is 5.91 Å². The molecule has 1 amide bonds. The fraction of sp³-hybridized carbons (Fsp3) is 0.312. The molecule has 0 fully saturated rings. The fourth-order valence-electron chi connectivity index (χ4n) is 1.93. The predicted molar refractivity (Wildman–Crippen MR) is 86.0 cm³/mol. The largest absolute Gasteiger partial charge is 0.494 e. The SMILES string of the molecule is CCOc1ccccc1CNCCNC(=O)c1cccs1. The van der Waals surface area contributed by atoms with Crippen molar-refractivity contribution >= 4 is 17.2 Å². The van der Waals surface area contributed by atoms with Crippen molar-refractivity contribution in [1.82, 2.24) is 10.6 Å². The highest BCUT2D eigenvalue weighted by Crippen LogP contribution is 2.17. The molecule has 0 saturated carbocycles. The molecule has 112 valence electrons. The minimum absolute atomic E-state index is 0.0125. The summed E-state index contributed by atoms with van der Waals surface area (Å²) in [6.45, 7) is 4.69. The van der Waals surface area contributed by atoms with E-state index in [1.54, 1.807) is 0 Å². The Morgan fingerprint density at radius 3 is 2.81 bits per heavy atom. The van der Waals surface area contributed by atoms with E-state index in [2.05, 4.69) is 10.6 Å². The minimum atomic E-state index is -0.0125. The van der Waals surface area contributed by atoms with E-state index in [9.17, 15) is 4.79 Å². The average Bonchev–Trinajstić information content (AvgIpc) is 3.03. The molecule has 1 aromatic heterocycles. The van der Waals surface area contributed by atoms with E-state index < -0.39 is 0 Å². The van der Waals surface area contributed by atoms with Crippen LogP contribution in [0.1, 0.15) is 22.2 Å². The van der Waals surface area contributed by atoms with Crippen LogP contribution in [-0.4, -0.2) is 25.6 Å². The molecule has 2 N–H and O–H groups in total. The lowest BCUT2D eigenvalue weighted by Gasteiger charge is -2.11.